The minimum Gasteiger partial charge on any atom is -0.363 e. The molecule has 0 bridgehead atoms. The summed E-state index contributed by atoms with van der Waals surface area (Å²) >= 11 is 0. The third kappa shape index (κ3) is 3.13. The van der Waals surface area contributed by atoms with Crippen molar-refractivity contribution in [1.82, 2.24) is 20.2 Å². The number of ether oxygens (including phenoxy) is 1. The van der Waals surface area contributed by atoms with E-state index in [-0.39, 0.29) is 11.9 Å². The maximum Gasteiger partial charge on any atom is 0.256 e. The Balaban J connectivity index is 1.34. The van der Waals surface area contributed by atoms with Gasteiger partial charge in [0.1, 0.15) is 5.82 Å². The Morgan fingerprint density at radius 3 is 3.04 bits per heavy atom. The number of carbonyl (C=O) groups is 1. The number of aromatic nitrogens is 2. The lowest BCUT2D eigenvalue weighted by Gasteiger charge is -2.33. The van der Waals surface area contributed by atoms with Crippen molar-refractivity contribution >= 4 is 5.91 Å². The van der Waals surface area contributed by atoms with Gasteiger partial charge in [0.2, 0.25) is 0 Å². The maximum atomic E-state index is 13.2. The Hall–Kier alpha value is -2.31. The predicted molar refractivity (Wildman–Crippen MR) is 100.0 cm³/mol. The van der Waals surface area contributed by atoms with Gasteiger partial charge in [-0.1, -0.05) is 24.3 Å². The highest BCUT2D eigenvalue weighted by Crippen LogP contribution is 2.30. The lowest BCUT2D eigenvalue weighted by atomic mass is 9.96. The van der Waals surface area contributed by atoms with Crippen LogP contribution in [0, 0.1) is 0 Å². The van der Waals surface area contributed by atoms with Crippen LogP contribution in [0.3, 0.4) is 0 Å². The van der Waals surface area contributed by atoms with E-state index in [1.807, 2.05) is 29.3 Å². The highest BCUT2D eigenvalue weighted by Gasteiger charge is 2.33. The Kier molecular flexibility index (Phi) is 4.38. The summed E-state index contributed by atoms with van der Waals surface area (Å²) < 4.78 is 5.86. The second-order valence-corrected chi connectivity index (χ2v) is 7.56. The zero-order chi connectivity index (χ0) is 18.2. The van der Waals surface area contributed by atoms with Crippen LogP contribution in [-0.4, -0.2) is 40.5 Å². The molecule has 3 aliphatic heterocycles. The maximum absolute atomic E-state index is 13.2. The Morgan fingerprint density at radius 2 is 2.15 bits per heavy atom. The molecule has 140 valence electrons. The number of benzene rings is 1. The van der Waals surface area contributed by atoms with Crippen molar-refractivity contribution in [3.8, 4) is 0 Å². The number of fused-ring (bicyclic) bond motifs is 2. The average Bonchev–Trinajstić information content (AvgIpc) is 3.27. The van der Waals surface area contributed by atoms with E-state index in [0.717, 1.165) is 48.5 Å². The minimum atomic E-state index is -0.487. The second kappa shape index (κ2) is 7.02. The van der Waals surface area contributed by atoms with Gasteiger partial charge in [-0.15, -0.1) is 0 Å². The normalized spacial score (nSPS) is 24.4. The molecule has 2 unspecified atom stereocenters. The summed E-state index contributed by atoms with van der Waals surface area (Å²) in [6.45, 7) is 2.88. The van der Waals surface area contributed by atoms with Gasteiger partial charge in [0, 0.05) is 31.3 Å². The Morgan fingerprint density at radius 1 is 1.22 bits per heavy atom. The summed E-state index contributed by atoms with van der Waals surface area (Å²) in [5, 5.41) is 3.45. The number of nitrogens with zero attached hydrogens (tertiary/aromatic N) is 3. The highest BCUT2D eigenvalue weighted by atomic mass is 16.5. The first kappa shape index (κ1) is 16.8. The molecule has 0 radical (unpaired) electrons. The fourth-order valence-corrected chi connectivity index (χ4v) is 4.36. The number of nitrogens with one attached hydrogen (secondary N) is 1. The number of amides is 1. The first-order valence-corrected chi connectivity index (χ1v) is 9.86. The van der Waals surface area contributed by atoms with Gasteiger partial charge in [-0.3, -0.25) is 4.79 Å². The molecule has 6 nitrogen and oxygen atoms in total. The highest BCUT2D eigenvalue weighted by molar-refractivity contribution is 5.83. The van der Waals surface area contributed by atoms with Crippen LogP contribution in [0.25, 0.3) is 0 Å². The molecule has 0 aliphatic carbocycles. The summed E-state index contributed by atoms with van der Waals surface area (Å²) in [7, 11) is 0. The van der Waals surface area contributed by atoms with Gasteiger partial charge in [-0.2, -0.15) is 0 Å². The molecule has 0 saturated carbocycles. The van der Waals surface area contributed by atoms with E-state index in [1.54, 1.807) is 0 Å². The van der Waals surface area contributed by atoms with E-state index in [4.69, 9.17) is 9.72 Å². The summed E-state index contributed by atoms with van der Waals surface area (Å²) in [6, 6.07) is 8.39. The molecule has 1 amide bonds. The lowest BCUT2D eigenvalue weighted by Crippen LogP contribution is -2.41. The monoisotopic (exact) mass is 364 g/mol. The average molecular weight is 364 g/mol. The fraction of sp³-hybridized carbons (Fsp3) is 0.476. The molecular weight excluding hydrogens is 340 g/mol. The number of hydrogen-bond donors (Lipinski definition) is 1. The topological polar surface area (TPSA) is 67.3 Å². The molecule has 0 spiro atoms. The van der Waals surface area contributed by atoms with Crippen molar-refractivity contribution < 1.29 is 9.53 Å². The van der Waals surface area contributed by atoms with Gasteiger partial charge in [0.25, 0.3) is 5.91 Å². The quantitative estimate of drug-likeness (QED) is 0.884. The smallest absolute Gasteiger partial charge is 0.256 e. The largest absolute Gasteiger partial charge is 0.363 e. The van der Waals surface area contributed by atoms with Crippen molar-refractivity contribution in [1.29, 1.82) is 0 Å². The Labute approximate surface area is 159 Å². The van der Waals surface area contributed by atoms with Crippen molar-refractivity contribution in [2.24, 2.45) is 0 Å². The molecule has 6 heteroatoms. The zero-order valence-corrected chi connectivity index (χ0v) is 15.4. The number of carbonyl (C=O) groups excluding carboxylic acids is 1. The van der Waals surface area contributed by atoms with E-state index in [1.165, 1.54) is 12.0 Å². The SMILES string of the molecule is O=C(C1OCCc2ccccc21)N1CCc2nc(C3CCCN3)ncc2C1. The van der Waals surface area contributed by atoms with Crippen LogP contribution in [0.2, 0.25) is 0 Å². The van der Waals surface area contributed by atoms with E-state index < -0.39 is 6.10 Å². The summed E-state index contributed by atoms with van der Waals surface area (Å²) in [5.41, 5.74) is 4.37. The van der Waals surface area contributed by atoms with Crippen molar-refractivity contribution in [2.45, 2.75) is 44.4 Å². The molecule has 2 atom stereocenters. The second-order valence-electron chi connectivity index (χ2n) is 7.56. The molecule has 1 fully saturated rings. The van der Waals surface area contributed by atoms with Crippen LogP contribution in [0.4, 0.5) is 0 Å². The van der Waals surface area contributed by atoms with Crippen molar-refractivity contribution in [2.75, 3.05) is 19.7 Å². The van der Waals surface area contributed by atoms with Crippen LogP contribution < -0.4 is 5.32 Å². The van der Waals surface area contributed by atoms with Gasteiger partial charge in [-0.05, 0) is 36.9 Å². The molecule has 2 aromatic rings. The van der Waals surface area contributed by atoms with Crippen LogP contribution >= 0.6 is 0 Å². The van der Waals surface area contributed by atoms with Crippen LogP contribution in [0.15, 0.2) is 30.5 Å². The van der Waals surface area contributed by atoms with Gasteiger partial charge in [0.15, 0.2) is 6.10 Å². The summed E-state index contributed by atoms with van der Waals surface area (Å²) in [4.78, 5) is 24.4. The van der Waals surface area contributed by atoms with Gasteiger partial charge in [-0.25, -0.2) is 9.97 Å². The third-order valence-corrected chi connectivity index (χ3v) is 5.85. The summed E-state index contributed by atoms with van der Waals surface area (Å²) in [5.74, 6) is 0.949. The molecule has 1 saturated heterocycles. The van der Waals surface area contributed by atoms with E-state index in [9.17, 15) is 4.79 Å². The summed E-state index contributed by atoms with van der Waals surface area (Å²) in [6.07, 6.45) is 5.34. The van der Waals surface area contributed by atoms with E-state index in [0.29, 0.717) is 19.7 Å². The van der Waals surface area contributed by atoms with Crippen molar-refractivity contribution in [3.63, 3.8) is 0 Å². The van der Waals surface area contributed by atoms with Crippen LogP contribution in [0.5, 0.6) is 0 Å². The first-order chi connectivity index (χ1) is 13.3. The number of rotatable bonds is 2. The fourth-order valence-electron chi connectivity index (χ4n) is 4.36. The van der Waals surface area contributed by atoms with Crippen LogP contribution in [-0.2, 0) is 28.9 Å². The first-order valence-electron chi connectivity index (χ1n) is 9.86. The Bertz CT molecular complexity index is 863. The molecule has 1 N–H and O–H groups in total. The van der Waals surface area contributed by atoms with E-state index in [2.05, 4.69) is 16.4 Å². The molecule has 1 aromatic carbocycles. The van der Waals surface area contributed by atoms with Gasteiger partial charge < -0.3 is 15.0 Å². The van der Waals surface area contributed by atoms with E-state index >= 15 is 0 Å². The lowest BCUT2D eigenvalue weighted by molar-refractivity contribution is -0.146. The van der Waals surface area contributed by atoms with Gasteiger partial charge in [0.05, 0.1) is 18.3 Å². The minimum absolute atomic E-state index is 0.0503. The van der Waals surface area contributed by atoms with Crippen LogP contribution in [0.1, 0.15) is 53.2 Å². The van der Waals surface area contributed by atoms with Gasteiger partial charge >= 0.3 is 0 Å². The molecular formula is C21H24N4O2. The number of hydrogen-bond acceptors (Lipinski definition) is 5. The molecule has 3 aliphatic rings. The third-order valence-electron chi connectivity index (χ3n) is 5.85. The standard InChI is InChI=1S/C21H24N4O2/c26-21(19-16-5-2-1-4-14(16)8-11-27-19)25-10-7-17-15(13-25)12-23-20(24-17)18-6-3-9-22-18/h1-2,4-5,12,18-19,22H,3,6-11,13H2. The molecule has 4 heterocycles. The van der Waals surface area contributed by atoms with Crippen molar-refractivity contribution in [3.05, 3.63) is 58.7 Å². The molecule has 5 rings (SSSR count). The molecule has 1 aromatic heterocycles. The zero-order valence-electron chi connectivity index (χ0n) is 15.4. The molecule has 27 heavy (non-hydrogen) atoms. The predicted octanol–water partition coefficient (Wildman–Crippen LogP) is 2.10.